The molecule has 0 aromatic carbocycles. The first-order chi connectivity index (χ1) is 4.18. The first-order valence-electron chi connectivity index (χ1n) is 2.65. The van der Waals surface area contributed by atoms with Crippen molar-refractivity contribution < 1.29 is 29.4 Å². The fourth-order valence-corrected chi connectivity index (χ4v) is 0.858. The molecule has 3 N–H and O–H groups in total. The molecule has 1 atom stereocenters. The summed E-state index contributed by atoms with van der Waals surface area (Å²) in [6.45, 7) is 0. The van der Waals surface area contributed by atoms with Crippen molar-refractivity contribution in [3.8, 4) is 0 Å². The largest absolute Gasteiger partial charge is 0.480 e. The Kier molecular flexibility index (Phi) is 9.78. The van der Waals surface area contributed by atoms with Crippen LogP contribution >= 0.6 is 11.8 Å². The van der Waals surface area contributed by atoms with Crippen molar-refractivity contribution in [2.24, 2.45) is 5.73 Å². The zero-order valence-corrected chi connectivity index (χ0v) is 9.82. The van der Waals surface area contributed by atoms with Gasteiger partial charge in [-0.2, -0.15) is 11.8 Å². The fourth-order valence-electron chi connectivity index (χ4n) is 0.368. The second kappa shape index (κ2) is 7.51. The summed E-state index contributed by atoms with van der Waals surface area (Å²) in [5.74, 6) is -0.1000. The minimum Gasteiger partial charge on any atom is -0.480 e. The van der Waals surface area contributed by atoms with Crippen LogP contribution in [0.5, 0.6) is 0 Å². The van der Waals surface area contributed by atoms with Crippen molar-refractivity contribution in [2.45, 2.75) is 12.5 Å². The molecule has 10 heavy (non-hydrogen) atoms. The van der Waals surface area contributed by atoms with E-state index in [0.29, 0.717) is 6.42 Å². The third-order valence-corrected chi connectivity index (χ3v) is 1.59. The molecule has 0 radical (unpaired) electrons. The molecule has 0 heterocycles. The summed E-state index contributed by atoms with van der Waals surface area (Å²) in [6.07, 6.45) is 2.48. The molecular weight excluding hydrogens is 204 g/mol. The van der Waals surface area contributed by atoms with Gasteiger partial charge in [-0.05, 0) is 18.4 Å². The molecule has 0 rings (SSSR count). The molecule has 0 bridgehead atoms. The fraction of sp³-hybridized carbons (Fsp3) is 0.800. The number of rotatable bonds is 4. The predicted molar refractivity (Wildman–Crippen MR) is 38.6 cm³/mol. The minimum atomic E-state index is -0.913. The molecule has 0 saturated heterocycles. The number of hydrogen-bond donors (Lipinski definition) is 2. The van der Waals surface area contributed by atoms with Crippen LogP contribution in [0.4, 0.5) is 0 Å². The summed E-state index contributed by atoms with van der Waals surface area (Å²) >= 11 is 1.60. The van der Waals surface area contributed by atoms with Crippen LogP contribution in [0.1, 0.15) is 6.42 Å². The van der Waals surface area contributed by atoms with Gasteiger partial charge < -0.3 is 10.8 Å². The second-order valence-electron chi connectivity index (χ2n) is 1.73. The van der Waals surface area contributed by atoms with Gasteiger partial charge in [0.2, 0.25) is 0 Å². The van der Waals surface area contributed by atoms with Gasteiger partial charge in [-0.1, -0.05) is 0 Å². The average Bonchev–Trinajstić information content (AvgIpc) is 1.82. The molecule has 0 aliphatic heterocycles. The Morgan fingerprint density at radius 3 is 2.60 bits per heavy atom. The summed E-state index contributed by atoms with van der Waals surface area (Å²) in [7, 11) is 0. The maximum Gasteiger partial charge on any atom is 0.320 e. The Labute approximate surface area is 77.5 Å². The zero-order valence-electron chi connectivity index (χ0n) is 6.04. The average molecular weight is 215 g/mol. The Morgan fingerprint density at radius 2 is 2.30 bits per heavy atom. The maximum atomic E-state index is 10.1. The van der Waals surface area contributed by atoms with Crippen LogP contribution in [-0.4, -0.2) is 29.1 Å². The Bertz CT molecular complexity index is 102. The topological polar surface area (TPSA) is 63.3 Å². The smallest absolute Gasteiger partial charge is 0.320 e. The molecule has 3 nitrogen and oxygen atoms in total. The van der Waals surface area contributed by atoms with E-state index in [1.807, 2.05) is 6.26 Å². The van der Waals surface area contributed by atoms with Gasteiger partial charge >= 0.3 is 5.97 Å². The molecule has 56 valence electrons. The van der Waals surface area contributed by atoms with Crippen LogP contribution in [-0.2, 0) is 24.3 Å². The summed E-state index contributed by atoms with van der Waals surface area (Å²) in [4.78, 5) is 10.1. The van der Waals surface area contributed by atoms with E-state index in [1.165, 1.54) is 0 Å². The maximum absolute atomic E-state index is 10.1. The Morgan fingerprint density at radius 1 is 1.80 bits per heavy atom. The monoisotopic (exact) mass is 213 g/mol. The first kappa shape index (κ1) is 13.0. The number of thioether (sulfide) groups is 1. The van der Waals surface area contributed by atoms with Gasteiger partial charge in [-0.3, -0.25) is 4.79 Å². The summed E-state index contributed by atoms with van der Waals surface area (Å²) in [5, 5.41) is 8.27. The van der Waals surface area contributed by atoms with Crippen molar-refractivity contribution in [3.05, 3.63) is 0 Å². The molecule has 0 aromatic rings. The van der Waals surface area contributed by atoms with Gasteiger partial charge in [0.05, 0.1) is 0 Å². The van der Waals surface area contributed by atoms with Crippen LogP contribution in [0, 0.1) is 0 Å². The number of carbonyl (C=O) groups is 1. The van der Waals surface area contributed by atoms with Gasteiger partial charge in [0.1, 0.15) is 6.04 Å². The Hall–Kier alpha value is 0.403. The van der Waals surface area contributed by atoms with Crippen molar-refractivity contribution in [3.63, 3.8) is 0 Å². The summed E-state index contributed by atoms with van der Waals surface area (Å²) < 4.78 is 0. The van der Waals surface area contributed by atoms with Gasteiger partial charge in [-0.15, -0.1) is 0 Å². The van der Waals surface area contributed by atoms with E-state index < -0.39 is 12.0 Å². The SMILES string of the molecule is CSCC[C@@H](N)C(=O)O.[Zn]. The molecule has 0 spiro atoms. The third kappa shape index (κ3) is 6.52. The molecule has 0 aliphatic carbocycles. The van der Waals surface area contributed by atoms with E-state index in [1.54, 1.807) is 11.8 Å². The summed E-state index contributed by atoms with van der Waals surface area (Å²) in [5.41, 5.74) is 5.19. The van der Waals surface area contributed by atoms with E-state index in [4.69, 9.17) is 10.8 Å². The van der Waals surface area contributed by atoms with Crippen LogP contribution in [0.2, 0.25) is 0 Å². The van der Waals surface area contributed by atoms with Crippen molar-refractivity contribution in [1.82, 2.24) is 0 Å². The number of hydrogen-bond acceptors (Lipinski definition) is 3. The predicted octanol–water partition coefficient (Wildman–Crippen LogP) is 0.149. The molecule has 5 heteroatoms. The molecule has 0 aliphatic rings. The minimum absolute atomic E-state index is 0. The van der Waals surface area contributed by atoms with Crippen LogP contribution in [0.25, 0.3) is 0 Å². The van der Waals surface area contributed by atoms with E-state index in [9.17, 15) is 4.79 Å². The van der Waals surface area contributed by atoms with Crippen molar-refractivity contribution in [2.75, 3.05) is 12.0 Å². The van der Waals surface area contributed by atoms with E-state index >= 15 is 0 Å². The number of aliphatic carboxylic acids is 1. The molecule has 0 amide bonds. The van der Waals surface area contributed by atoms with Gasteiger partial charge in [-0.25, -0.2) is 0 Å². The zero-order chi connectivity index (χ0) is 7.28. The van der Waals surface area contributed by atoms with Crippen molar-refractivity contribution in [1.29, 1.82) is 0 Å². The number of nitrogens with two attached hydrogens (primary N) is 1. The summed E-state index contributed by atoms with van der Waals surface area (Å²) in [6, 6.07) is -0.683. The Balaban J connectivity index is 0. The molecule has 0 fully saturated rings. The molecule has 0 saturated carbocycles. The second-order valence-corrected chi connectivity index (χ2v) is 2.71. The number of carboxylic acid groups (broad SMARTS) is 1. The van der Waals surface area contributed by atoms with Gasteiger partial charge in [0.15, 0.2) is 0 Å². The van der Waals surface area contributed by atoms with E-state index in [0.717, 1.165) is 5.75 Å². The van der Waals surface area contributed by atoms with Crippen LogP contribution < -0.4 is 5.73 Å². The number of carboxylic acids is 1. The molecule has 0 aromatic heterocycles. The van der Waals surface area contributed by atoms with E-state index in [2.05, 4.69) is 0 Å². The normalized spacial score (nSPS) is 11.8. The standard InChI is InChI=1S/C5H11NO2S.Zn/c1-9-3-2-4(6)5(7)8;/h4H,2-3,6H2,1H3,(H,7,8);/t4-;/m1./s1. The third-order valence-electron chi connectivity index (χ3n) is 0.950. The molecule has 0 unspecified atom stereocenters. The van der Waals surface area contributed by atoms with E-state index in [-0.39, 0.29) is 19.5 Å². The van der Waals surface area contributed by atoms with Crippen molar-refractivity contribution >= 4 is 17.7 Å². The van der Waals surface area contributed by atoms with Crippen LogP contribution in [0.15, 0.2) is 0 Å². The quantitative estimate of drug-likeness (QED) is 0.654. The first-order valence-corrected chi connectivity index (χ1v) is 4.05. The van der Waals surface area contributed by atoms with Crippen LogP contribution in [0.3, 0.4) is 0 Å². The molecular formula is C5H11NO2SZn. The van der Waals surface area contributed by atoms with Gasteiger partial charge in [0, 0.05) is 19.5 Å². The van der Waals surface area contributed by atoms with Gasteiger partial charge in [0.25, 0.3) is 0 Å².